The molecule has 0 radical (unpaired) electrons. The second kappa shape index (κ2) is 6.12. The van der Waals surface area contributed by atoms with Crippen LogP contribution in [0.15, 0.2) is 35.5 Å². The lowest BCUT2D eigenvalue weighted by molar-refractivity contribution is 1.09. The van der Waals surface area contributed by atoms with Gasteiger partial charge in [0.25, 0.3) is 0 Å². The largest absolute Gasteiger partial charge is 0.380 e. The number of aromatic nitrogens is 2. The van der Waals surface area contributed by atoms with Crippen LogP contribution in [-0.2, 0) is 6.54 Å². The molecule has 1 heterocycles. The molecule has 0 saturated heterocycles. The molecule has 0 fully saturated rings. The quantitative estimate of drug-likeness (QED) is 0.809. The van der Waals surface area contributed by atoms with E-state index in [9.17, 15) is 5.26 Å². The minimum Gasteiger partial charge on any atom is -0.380 e. The van der Waals surface area contributed by atoms with E-state index in [1.807, 2.05) is 24.4 Å². The zero-order valence-corrected chi connectivity index (χ0v) is 10.9. The Morgan fingerprint density at radius 1 is 1.50 bits per heavy atom. The van der Waals surface area contributed by atoms with Crippen LogP contribution in [0, 0.1) is 11.3 Å². The number of thioether (sulfide) groups is 1. The molecular formula is C13H14N4S. The second-order valence-corrected chi connectivity index (χ2v) is 4.99. The van der Waals surface area contributed by atoms with Crippen molar-refractivity contribution in [3.63, 3.8) is 0 Å². The van der Waals surface area contributed by atoms with Gasteiger partial charge in [-0.15, -0.1) is 11.8 Å². The fraction of sp³-hybridized carbons (Fsp3) is 0.231. The molecule has 0 spiro atoms. The summed E-state index contributed by atoms with van der Waals surface area (Å²) in [5.41, 5.74) is 2.65. The van der Waals surface area contributed by atoms with E-state index >= 15 is 0 Å². The van der Waals surface area contributed by atoms with Crippen molar-refractivity contribution in [2.24, 2.45) is 0 Å². The summed E-state index contributed by atoms with van der Waals surface area (Å²) in [7, 11) is 0. The van der Waals surface area contributed by atoms with Crippen LogP contribution in [0.2, 0.25) is 0 Å². The molecule has 0 amide bonds. The highest BCUT2D eigenvalue weighted by atomic mass is 32.2. The van der Waals surface area contributed by atoms with E-state index in [-0.39, 0.29) is 0 Å². The molecule has 4 nitrogen and oxygen atoms in total. The number of nitrogens with one attached hydrogen (secondary N) is 2. The minimum absolute atomic E-state index is 0.658. The molecule has 2 N–H and O–H groups in total. The van der Waals surface area contributed by atoms with E-state index in [0.29, 0.717) is 12.1 Å². The van der Waals surface area contributed by atoms with Crippen molar-refractivity contribution in [3.05, 3.63) is 41.7 Å². The molecular weight excluding hydrogens is 244 g/mol. The van der Waals surface area contributed by atoms with E-state index < -0.39 is 0 Å². The number of nitrogens with zero attached hydrogens (tertiary/aromatic N) is 2. The summed E-state index contributed by atoms with van der Waals surface area (Å²) in [5.74, 6) is 0.958. The molecule has 2 rings (SSSR count). The van der Waals surface area contributed by atoms with E-state index in [0.717, 1.165) is 21.9 Å². The van der Waals surface area contributed by atoms with Crippen LogP contribution >= 0.6 is 11.8 Å². The molecule has 0 aliphatic carbocycles. The van der Waals surface area contributed by atoms with Gasteiger partial charge in [0.1, 0.15) is 6.07 Å². The van der Waals surface area contributed by atoms with Crippen LogP contribution < -0.4 is 5.32 Å². The molecule has 2 aromatic rings. The zero-order valence-electron chi connectivity index (χ0n) is 10.1. The van der Waals surface area contributed by atoms with Gasteiger partial charge in [0.15, 0.2) is 0 Å². The fourth-order valence-corrected chi connectivity index (χ4v) is 2.43. The molecule has 5 heteroatoms. The lowest BCUT2D eigenvalue weighted by Crippen LogP contribution is -2.01. The molecule has 92 valence electrons. The van der Waals surface area contributed by atoms with Crippen LogP contribution in [0.5, 0.6) is 0 Å². The second-order valence-electron chi connectivity index (χ2n) is 3.68. The molecule has 0 bridgehead atoms. The highest BCUT2D eigenvalue weighted by Gasteiger charge is 2.07. The van der Waals surface area contributed by atoms with Gasteiger partial charge in [0, 0.05) is 23.2 Å². The van der Waals surface area contributed by atoms with Crippen molar-refractivity contribution in [3.8, 4) is 6.07 Å². The zero-order chi connectivity index (χ0) is 12.8. The Morgan fingerprint density at radius 3 is 3.06 bits per heavy atom. The minimum atomic E-state index is 0.658. The maximum absolute atomic E-state index is 9.26. The van der Waals surface area contributed by atoms with Crippen LogP contribution in [0.1, 0.15) is 18.1 Å². The first-order valence-corrected chi connectivity index (χ1v) is 6.71. The van der Waals surface area contributed by atoms with E-state index in [1.54, 1.807) is 18.0 Å². The average molecular weight is 258 g/mol. The van der Waals surface area contributed by atoms with Gasteiger partial charge in [0.2, 0.25) is 0 Å². The van der Waals surface area contributed by atoms with E-state index in [4.69, 9.17) is 0 Å². The number of aromatic amines is 1. The van der Waals surface area contributed by atoms with Crippen molar-refractivity contribution in [1.29, 1.82) is 5.26 Å². The topological polar surface area (TPSA) is 64.5 Å². The SMILES string of the molecule is CCSc1cccc(NCc2cn[nH]c2)c1C#N. The molecule has 0 atom stereocenters. The Bertz CT molecular complexity index is 543. The predicted octanol–water partition coefficient (Wildman–Crippen LogP) is 3.01. The van der Waals surface area contributed by atoms with E-state index in [1.165, 1.54) is 0 Å². The Morgan fingerprint density at radius 2 is 2.39 bits per heavy atom. The van der Waals surface area contributed by atoms with Crippen LogP contribution in [0.3, 0.4) is 0 Å². The van der Waals surface area contributed by atoms with Gasteiger partial charge in [-0.1, -0.05) is 13.0 Å². The molecule has 0 saturated carbocycles. The maximum atomic E-state index is 9.26. The van der Waals surface area contributed by atoms with Crippen LogP contribution in [0.25, 0.3) is 0 Å². The molecule has 0 aliphatic heterocycles. The van der Waals surface area contributed by atoms with E-state index in [2.05, 4.69) is 28.5 Å². The normalized spacial score (nSPS) is 10.0. The van der Waals surface area contributed by atoms with Gasteiger partial charge in [-0.05, 0) is 17.9 Å². The van der Waals surface area contributed by atoms with Crippen LogP contribution in [0.4, 0.5) is 5.69 Å². The summed E-state index contributed by atoms with van der Waals surface area (Å²) in [6, 6.07) is 8.15. The standard InChI is InChI=1S/C13H14N4S/c1-2-18-13-5-3-4-12(11(13)6-14)15-7-10-8-16-17-9-10/h3-5,8-9,15H,2,7H2,1H3,(H,16,17). The summed E-state index contributed by atoms with van der Waals surface area (Å²) in [6.07, 6.45) is 3.60. The Hall–Kier alpha value is -1.93. The lowest BCUT2D eigenvalue weighted by atomic mass is 10.2. The van der Waals surface area contributed by atoms with Crippen LogP contribution in [-0.4, -0.2) is 16.0 Å². The van der Waals surface area contributed by atoms with Gasteiger partial charge in [0.05, 0.1) is 17.4 Å². The number of hydrogen-bond acceptors (Lipinski definition) is 4. The third-order valence-electron chi connectivity index (χ3n) is 2.48. The van der Waals surface area contributed by atoms with Gasteiger partial charge >= 0.3 is 0 Å². The van der Waals surface area contributed by atoms with Crippen molar-refractivity contribution in [2.45, 2.75) is 18.4 Å². The fourth-order valence-electron chi connectivity index (χ4n) is 1.64. The van der Waals surface area contributed by atoms with Gasteiger partial charge < -0.3 is 5.32 Å². The van der Waals surface area contributed by atoms with Crippen molar-refractivity contribution in [2.75, 3.05) is 11.1 Å². The number of nitriles is 1. The lowest BCUT2D eigenvalue weighted by Gasteiger charge is -2.10. The first-order chi connectivity index (χ1) is 8.85. The number of hydrogen-bond donors (Lipinski definition) is 2. The summed E-state index contributed by atoms with van der Waals surface area (Å²) >= 11 is 1.68. The Labute approximate surface area is 110 Å². The first-order valence-electron chi connectivity index (χ1n) is 5.72. The van der Waals surface area contributed by atoms with Crippen molar-refractivity contribution in [1.82, 2.24) is 10.2 Å². The molecule has 1 aromatic carbocycles. The highest BCUT2D eigenvalue weighted by Crippen LogP contribution is 2.28. The summed E-state index contributed by atoms with van der Waals surface area (Å²) < 4.78 is 0. The number of H-pyrrole nitrogens is 1. The van der Waals surface area contributed by atoms with Crippen molar-refractivity contribution < 1.29 is 0 Å². The number of anilines is 1. The number of benzene rings is 1. The summed E-state index contributed by atoms with van der Waals surface area (Å²) in [6.45, 7) is 2.74. The van der Waals surface area contributed by atoms with Gasteiger partial charge in [-0.3, -0.25) is 5.10 Å². The molecule has 0 aliphatic rings. The van der Waals surface area contributed by atoms with Crippen molar-refractivity contribution >= 4 is 17.4 Å². The molecule has 0 unspecified atom stereocenters. The third kappa shape index (κ3) is 2.84. The van der Waals surface area contributed by atoms with Gasteiger partial charge in [-0.2, -0.15) is 10.4 Å². The predicted molar refractivity (Wildman–Crippen MR) is 73.5 cm³/mol. The monoisotopic (exact) mass is 258 g/mol. The summed E-state index contributed by atoms with van der Waals surface area (Å²) in [4.78, 5) is 1.03. The highest BCUT2D eigenvalue weighted by molar-refractivity contribution is 7.99. The maximum Gasteiger partial charge on any atom is 0.102 e. The number of rotatable bonds is 5. The Kier molecular flexibility index (Phi) is 4.26. The Balaban J connectivity index is 2.17. The average Bonchev–Trinajstić information content (AvgIpc) is 2.90. The smallest absolute Gasteiger partial charge is 0.102 e. The molecule has 1 aromatic heterocycles. The molecule has 18 heavy (non-hydrogen) atoms. The third-order valence-corrected chi connectivity index (χ3v) is 3.42. The summed E-state index contributed by atoms with van der Waals surface area (Å²) in [5, 5.41) is 19.2. The first kappa shape index (κ1) is 12.5. The van der Waals surface area contributed by atoms with Gasteiger partial charge in [-0.25, -0.2) is 0 Å².